The standard InChI is InChI=1S/C25H29F7N4O3S/c1-14-20(27)11-21(36(14)40(38,39)19-9-5-17(26)6-10-19)23(37)33-12-15-13-35(34-22(15)25(30,31)32)18-7-3-16(4-8-18)24(2,28)29/h5-6,9-10,13-14,16,18,20-21H,3-4,7-8,11-12H2,1-2H3,(H,33,37)/t14-,16?,18?,20+,21-/m0/s1. The van der Waals surface area contributed by atoms with E-state index < -0.39 is 88.3 Å². The number of benzene rings is 1. The van der Waals surface area contributed by atoms with Gasteiger partial charge in [0.1, 0.15) is 18.0 Å². The first-order valence-corrected chi connectivity index (χ1v) is 14.2. The average molecular weight is 599 g/mol. The second-order valence-electron chi connectivity index (χ2n) is 10.5. The van der Waals surface area contributed by atoms with Crippen LogP contribution in [0.3, 0.4) is 0 Å². The topological polar surface area (TPSA) is 84.3 Å². The summed E-state index contributed by atoms with van der Waals surface area (Å²) in [6.07, 6.45) is -5.41. The molecule has 4 rings (SSSR count). The second kappa shape index (κ2) is 11.0. The Morgan fingerprint density at radius 1 is 1.07 bits per heavy atom. The molecule has 3 atom stereocenters. The zero-order valence-electron chi connectivity index (χ0n) is 21.6. The Morgan fingerprint density at radius 3 is 2.23 bits per heavy atom. The number of hydrogen-bond donors (Lipinski definition) is 1. The lowest BCUT2D eigenvalue weighted by molar-refractivity contribution is -0.142. The minimum Gasteiger partial charge on any atom is -0.350 e. The number of carbonyl (C=O) groups is 1. The van der Waals surface area contributed by atoms with Gasteiger partial charge in [-0.2, -0.15) is 22.6 Å². The Morgan fingerprint density at radius 2 is 1.68 bits per heavy atom. The molecule has 1 N–H and O–H groups in total. The van der Waals surface area contributed by atoms with Gasteiger partial charge in [0.25, 0.3) is 0 Å². The van der Waals surface area contributed by atoms with Gasteiger partial charge in [-0.1, -0.05) is 0 Å². The van der Waals surface area contributed by atoms with E-state index in [0.717, 1.165) is 42.1 Å². The fraction of sp³-hybridized carbons (Fsp3) is 0.600. The molecule has 2 heterocycles. The maximum Gasteiger partial charge on any atom is 0.435 e. The van der Waals surface area contributed by atoms with Crippen LogP contribution in [-0.4, -0.2) is 52.6 Å². The van der Waals surface area contributed by atoms with Gasteiger partial charge in [-0.25, -0.2) is 26.0 Å². The first-order valence-electron chi connectivity index (χ1n) is 12.7. The lowest BCUT2D eigenvalue weighted by atomic mass is 9.83. The molecule has 2 aliphatic rings. The number of alkyl halides is 6. The van der Waals surface area contributed by atoms with E-state index in [0.29, 0.717) is 4.31 Å². The molecule has 1 aromatic heterocycles. The SMILES string of the molecule is C[C@H]1[C@H](F)C[C@@H](C(=O)NCc2cn(C3CCC(C(C)(F)F)CC3)nc2C(F)(F)F)N1S(=O)(=O)c1ccc(F)cc1. The van der Waals surface area contributed by atoms with Crippen LogP contribution in [0.4, 0.5) is 30.7 Å². The molecule has 0 unspecified atom stereocenters. The molecule has 0 bridgehead atoms. The van der Waals surface area contributed by atoms with Crippen molar-refractivity contribution >= 4 is 15.9 Å². The van der Waals surface area contributed by atoms with Gasteiger partial charge < -0.3 is 5.32 Å². The zero-order chi connectivity index (χ0) is 29.6. The molecule has 1 saturated heterocycles. The lowest BCUT2D eigenvalue weighted by Crippen LogP contribution is -2.48. The lowest BCUT2D eigenvalue weighted by Gasteiger charge is -2.32. The molecule has 1 saturated carbocycles. The number of hydrogen-bond acceptors (Lipinski definition) is 4. The summed E-state index contributed by atoms with van der Waals surface area (Å²) in [7, 11) is -4.46. The van der Waals surface area contributed by atoms with Crippen LogP contribution in [0.5, 0.6) is 0 Å². The van der Waals surface area contributed by atoms with Crippen LogP contribution in [0.1, 0.15) is 63.3 Å². The molecule has 40 heavy (non-hydrogen) atoms. The Hall–Kier alpha value is -2.68. The largest absolute Gasteiger partial charge is 0.435 e. The highest BCUT2D eigenvalue weighted by molar-refractivity contribution is 7.89. The third-order valence-electron chi connectivity index (χ3n) is 7.69. The first-order chi connectivity index (χ1) is 18.5. The number of amides is 1. The summed E-state index contributed by atoms with van der Waals surface area (Å²) in [5, 5.41) is 5.92. The summed E-state index contributed by atoms with van der Waals surface area (Å²) >= 11 is 0. The molecule has 2 aromatic rings. The van der Waals surface area contributed by atoms with Crippen molar-refractivity contribution in [3.63, 3.8) is 0 Å². The zero-order valence-corrected chi connectivity index (χ0v) is 22.5. The van der Waals surface area contributed by atoms with E-state index in [1.54, 1.807) is 0 Å². The number of carbonyl (C=O) groups excluding carboxylic acids is 1. The predicted molar refractivity (Wildman–Crippen MR) is 129 cm³/mol. The third kappa shape index (κ3) is 6.14. The Labute approximate surface area is 226 Å². The maximum atomic E-state index is 14.6. The van der Waals surface area contributed by atoms with E-state index >= 15 is 0 Å². The van der Waals surface area contributed by atoms with Crippen molar-refractivity contribution in [2.24, 2.45) is 5.92 Å². The number of nitrogens with zero attached hydrogens (tertiary/aromatic N) is 3. The minimum absolute atomic E-state index is 0.115. The molecule has 1 amide bonds. The summed E-state index contributed by atoms with van der Waals surface area (Å²) < 4.78 is 125. The molecule has 7 nitrogen and oxygen atoms in total. The molecule has 15 heteroatoms. The summed E-state index contributed by atoms with van der Waals surface area (Å²) in [6, 6.07) is 0.371. The van der Waals surface area contributed by atoms with Crippen LogP contribution < -0.4 is 5.32 Å². The molecule has 2 fully saturated rings. The summed E-state index contributed by atoms with van der Waals surface area (Å²) in [5.74, 6) is -5.48. The van der Waals surface area contributed by atoms with Crippen LogP contribution >= 0.6 is 0 Å². The molecule has 0 radical (unpaired) electrons. The van der Waals surface area contributed by atoms with Gasteiger partial charge >= 0.3 is 6.18 Å². The van der Waals surface area contributed by atoms with Gasteiger partial charge in [0.15, 0.2) is 5.69 Å². The molecule has 222 valence electrons. The van der Waals surface area contributed by atoms with Gasteiger partial charge in [-0.05, 0) is 63.8 Å². The van der Waals surface area contributed by atoms with Gasteiger partial charge in [-0.3, -0.25) is 9.48 Å². The van der Waals surface area contributed by atoms with Crippen molar-refractivity contribution in [1.82, 2.24) is 19.4 Å². The average Bonchev–Trinajstić information content (AvgIpc) is 3.44. The molecule has 1 aliphatic heterocycles. The van der Waals surface area contributed by atoms with Crippen LogP contribution in [0.2, 0.25) is 0 Å². The van der Waals surface area contributed by atoms with Crippen LogP contribution in [0, 0.1) is 11.7 Å². The van der Waals surface area contributed by atoms with Gasteiger partial charge in [0, 0.05) is 30.6 Å². The smallest absolute Gasteiger partial charge is 0.350 e. The number of halogens is 7. The molecule has 1 aromatic carbocycles. The van der Waals surface area contributed by atoms with E-state index in [1.807, 2.05) is 0 Å². The predicted octanol–water partition coefficient (Wildman–Crippen LogP) is 5.23. The molecular weight excluding hydrogens is 569 g/mol. The molecule has 0 spiro atoms. The van der Waals surface area contributed by atoms with E-state index in [2.05, 4.69) is 10.4 Å². The van der Waals surface area contributed by atoms with E-state index in [4.69, 9.17) is 0 Å². The van der Waals surface area contributed by atoms with Crippen molar-refractivity contribution in [2.75, 3.05) is 0 Å². The second-order valence-corrected chi connectivity index (χ2v) is 12.3. The molecular formula is C25H29F7N4O3S. The Kier molecular flexibility index (Phi) is 8.29. The number of nitrogens with one attached hydrogen (secondary N) is 1. The minimum atomic E-state index is -4.89. The first kappa shape index (κ1) is 30.3. The Balaban J connectivity index is 1.52. The quantitative estimate of drug-likeness (QED) is 0.443. The molecule has 1 aliphatic carbocycles. The van der Waals surface area contributed by atoms with Crippen molar-refractivity contribution in [3.05, 3.63) is 47.5 Å². The highest BCUT2D eigenvalue weighted by Gasteiger charge is 2.49. The van der Waals surface area contributed by atoms with E-state index in [1.165, 1.54) is 6.92 Å². The van der Waals surface area contributed by atoms with Crippen molar-refractivity contribution < 1.29 is 43.9 Å². The number of aromatic nitrogens is 2. The van der Waals surface area contributed by atoms with Gasteiger partial charge in [-0.15, -0.1) is 0 Å². The normalized spacial score (nSPS) is 26.7. The number of rotatable bonds is 7. The van der Waals surface area contributed by atoms with Crippen LogP contribution in [-0.2, 0) is 27.5 Å². The van der Waals surface area contributed by atoms with E-state index in [9.17, 15) is 43.9 Å². The van der Waals surface area contributed by atoms with E-state index in [-0.39, 0.29) is 30.6 Å². The fourth-order valence-corrected chi connectivity index (χ4v) is 7.24. The van der Waals surface area contributed by atoms with Crippen LogP contribution in [0.15, 0.2) is 35.4 Å². The van der Waals surface area contributed by atoms with Gasteiger partial charge in [0.2, 0.25) is 21.9 Å². The fourth-order valence-electron chi connectivity index (χ4n) is 5.43. The summed E-state index contributed by atoms with van der Waals surface area (Å²) in [4.78, 5) is 12.7. The Bertz CT molecular complexity index is 1320. The number of sulfonamides is 1. The monoisotopic (exact) mass is 598 g/mol. The highest BCUT2D eigenvalue weighted by atomic mass is 32.2. The van der Waals surface area contributed by atoms with Crippen molar-refractivity contribution in [3.8, 4) is 0 Å². The van der Waals surface area contributed by atoms with Crippen LogP contribution in [0.25, 0.3) is 0 Å². The van der Waals surface area contributed by atoms with Crippen molar-refractivity contribution in [2.45, 2.75) is 93.8 Å². The highest BCUT2D eigenvalue weighted by Crippen LogP contribution is 2.41. The van der Waals surface area contributed by atoms with Gasteiger partial charge in [0.05, 0.1) is 17.0 Å². The van der Waals surface area contributed by atoms with Crippen molar-refractivity contribution in [1.29, 1.82) is 0 Å². The summed E-state index contributed by atoms with van der Waals surface area (Å²) in [5.41, 5.74) is -1.67. The third-order valence-corrected chi connectivity index (χ3v) is 9.70. The summed E-state index contributed by atoms with van der Waals surface area (Å²) in [6.45, 7) is 1.40. The maximum absolute atomic E-state index is 14.6.